The van der Waals surface area contributed by atoms with Crippen molar-refractivity contribution in [3.05, 3.63) is 41.7 Å². The van der Waals surface area contributed by atoms with Crippen LogP contribution in [0, 0.1) is 5.92 Å². The second-order valence-electron chi connectivity index (χ2n) is 10.4. The maximum atomic E-state index is 12.7. The average Bonchev–Trinajstić information content (AvgIpc) is 3.27. The number of aromatic nitrogens is 3. The van der Waals surface area contributed by atoms with Crippen molar-refractivity contribution < 1.29 is 19.1 Å². The third-order valence-corrected chi connectivity index (χ3v) is 6.15. The molecule has 2 aromatic rings. The molecule has 1 unspecified atom stereocenters. The van der Waals surface area contributed by atoms with Gasteiger partial charge in [0.05, 0.1) is 29.2 Å². The summed E-state index contributed by atoms with van der Waals surface area (Å²) in [6, 6.07) is 5.36. The Kier molecular flexibility index (Phi) is 7.17. The highest BCUT2D eigenvalue weighted by Crippen LogP contribution is 2.31. The molecule has 0 aromatic carbocycles. The zero-order valence-electron chi connectivity index (χ0n) is 21.7. The highest BCUT2D eigenvalue weighted by molar-refractivity contribution is 5.89. The summed E-state index contributed by atoms with van der Waals surface area (Å²) in [5.41, 5.74) is 1.90. The molecule has 2 atom stereocenters. The van der Waals surface area contributed by atoms with E-state index in [1.54, 1.807) is 22.1 Å². The van der Waals surface area contributed by atoms with Gasteiger partial charge in [0.15, 0.2) is 5.94 Å². The SMILES string of the molecule is CC(Nc1nccc(N2C(=C=O)OC[C@@H]2C(C)C)n1)c1ccc2c(n1)CCCN2C(=O)OC(C)(C)C. The topological polar surface area (TPSA) is 110 Å². The molecule has 2 aliphatic rings. The third-order valence-electron chi connectivity index (χ3n) is 6.15. The predicted molar refractivity (Wildman–Crippen MR) is 136 cm³/mol. The highest BCUT2D eigenvalue weighted by atomic mass is 16.6. The number of ether oxygens (including phenoxy) is 2. The van der Waals surface area contributed by atoms with Gasteiger partial charge in [0, 0.05) is 12.7 Å². The Hall–Kier alpha value is -3.65. The molecule has 0 saturated carbocycles. The first-order chi connectivity index (χ1) is 17.1. The van der Waals surface area contributed by atoms with Crippen molar-refractivity contribution in [2.75, 3.05) is 28.3 Å². The van der Waals surface area contributed by atoms with Gasteiger partial charge in [-0.3, -0.25) is 14.8 Å². The summed E-state index contributed by atoms with van der Waals surface area (Å²) in [6.07, 6.45) is 2.89. The minimum atomic E-state index is -0.562. The maximum absolute atomic E-state index is 12.7. The van der Waals surface area contributed by atoms with E-state index in [9.17, 15) is 9.59 Å². The molecule has 1 amide bonds. The summed E-state index contributed by atoms with van der Waals surface area (Å²) in [5.74, 6) is 3.25. The fourth-order valence-electron chi connectivity index (χ4n) is 4.34. The molecule has 10 nitrogen and oxygen atoms in total. The van der Waals surface area contributed by atoms with Crippen LogP contribution in [0.5, 0.6) is 0 Å². The van der Waals surface area contributed by atoms with Crippen molar-refractivity contribution in [2.24, 2.45) is 5.92 Å². The summed E-state index contributed by atoms with van der Waals surface area (Å²) in [7, 11) is 0. The van der Waals surface area contributed by atoms with E-state index in [0.717, 1.165) is 29.9 Å². The molecular weight excluding hydrogens is 460 g/mol. The minimum Gasteiger partial charge on any atom is -0.468 e. The summed E-state index contributed by atoms with van der Waals surface area (Å²) in [5, 5.41) is 3.31. The van der Waals surface area contributed by atoms with Gasteiger partial charge in [0.1, 0.15) is 18.0 Å². The zero-order chi connectivity index (χ0) is 26.0. The third kappa shape index (κ3) is 5.44. The molecule has 0 aliphatic carbocycles. The molecule has 0 bridgehead atoms. The molecule has 4 heterocycles. The van der Waals surface area contributed by atoms with Crippen LogP contribution in [0.2, 0.25) is 0 Å². The van der Waals surface area contributed by atoms with Gasteiger partial charge in [0.25, 0.3) is 5.88 Å². The van der Waals surface area contributed by atoms with Crippen LogP contribution in [-0.4, -0.2) is 51.8 Å². The Morgan fingerprint density at radius 1 is 1.22 bits per heavy atom. The van der Waals surface area contributed by atoms with Gasteiger partial charge in [-0.25, -0.2) is 14.6 Å². The average molecular weight is 495 g/mol. The zero-order valence-corrected chi connectivity index (χ0v) is 21.7. The van der Waals surface area contributed by atoms with E-state index in [0.29, 0.717) is 24.9 Å². The van der Waals surface area contributed by atoms with Crippen LogP contribution in [0.3, 0.4) is 0 Å². The summed E-state index contributed by atoms with van der Waals surface area (Å²) in [4.78, 5) is 41.4. The van der Waals surface area contributed by atoms with Crippen LogP contribution >= 0.6 is 0 Å². The Morgan fingerprint density at radius 2 is 2.00 bits per heavy atom. The number of carbonyl (C=O) groups is 1. The van der Waals surface area contributed by atoms with Gasteiger partial charge >= 0.3 is 6.09 Å². The Labute approximate surface area is 211 Å². The van der Waals surface area contributed by atoms with Crippen molar-refractivity contribution in [3.63, 3.8) is 0 Å². The van der Waals surface area contributed by atoms with Crippen LogP contribution in [0.15, 0.2) is 30.3 Å². The highest BCUT2D eigenvalue weighted by Gasteiger charge is 2.35. The minimum absolute atomic E-state index is 0.0168. The van der Waals surface area contributed by atoms with E-state index < -0.39 is 5.60 Å². The summed E-state index contributed by atoms with van der Waals surface area (Å²) in [6.45, 7) is 12.7. The second kappa shape index (κ2) is 10.1. The first kappa shape index (κ1) is 25.4. The largest absolute Gasteiger partial charge is 0.468 e. The van der Waals surface area contributed by atoms with Crippen molar-refractivity contribution in [1.29, 1.82) is 0 Å². The van der Waals surface area contributed by atoms with E-state index >= 15 is 0 Å². The first-order valence-corrected chi connectivity index (χ1v) is 12.3. The molecule has 1 fully saturated rings. The number of hydrogen-bond donors (Lipinski definition) is 1. The molecule has 192 valence electrons. The van der Waals surface area contributed by atoms with E-state index in [1.807, 2.05) is 45.8 Å². The second-order valence-corrected chi connectivity index (χ2v) is 10.4. The quantitative estimate of drug-likeness (QED) is 0.609. The number of nitrogens with zero attached hydrogens (tertiary/aromatic N) is 5. The van der Waals surface area contributed by atoms with E-state index in [2.05, 4.69) is 29.1 Å². The molecule has 2 aliphatic heterocycles. The monoisotopic (exact) mass is 494 g/mol. The van der Waals surface area contributed by atoms with Crippen LogP contribution < -0.4 is 15.1 Å². The molecule has 1 saturated heterocycles. The standard InChI is InChI=1S/C26H34N6O4/c1-16(2)21-15-35-23(14-33)32(21)22-11-12-27-24(30-22)28-17(3)18-9-10-20-19(29-18)8-7-13-31(20)25(34)36-26(4,5)6/h9-12,16-17,21H,7-8,13,15H2,1-6H3,(H,27,28,30)/t17?,21-/m1/s1. The number of carbonyl (C=O) groups excluding carboxylic acids is 2. The lowest BCUT2D eigenvalue weighted by molar-refractivity contribution is 0.0577. The van der Waals surface area contributed by atoms with Crippen LogP contribution in [0.25, 0.3) is 0 Å². The number of pyridine rings is 1. The Bertz CT molecular complexity index is 1170. The molecule has 0 radical (unpaired) electrons. The molecular formula is C26H34N6O4. The van der Waals surface area contributed by atoms with Crippen molar-refractivity contribution >= 4 is 29.5 Å². The molecule has 36 heavy (non-hydrogen) atoms. The molecule has 0 spiro atoms. The fraction of sp³-hybridized carbons (Fsp3) is 0.538. The van der Waals surface area contributed by atoms with Crippen LogP contribution in [0.1, 0.15) is 65.4 Å². The number of amides is 1. The lowest BCUT2D eigenvalue weighted by atomic mass is 10.0. The van der Waals surface area contributed by atoms with Gasteiger partial charge in [0.2, 0.25) is 5.95 Å². The normalized spacial score (nSPS) is 18.4. The number of rotatable bonds is 5. The number of anilines is 3. The Morgan fingerprint density at radius 3 is 2.69 bits per heavy atom. The van der Waals surface area contributed by atoms with Crippen molar-refractivity contribution in [3.8, 4) is 0 Å². The molecule has 10 heteroatoms. The maximum Gasteiger partial charge on any atom is 0.414 e. The number of aryl methyl sites for hydroxylation is 1. The smallest absolute Gasteiger partial charge is 0.414 e. The van der Waals surface area contributed by atoms with Gasteiger partial charge in [-0.15, -0.1) is 0 Å². The van der Waals surface area contributed by atoms with Gasteiger partial charge in [-0.05, 0) is 64.7 Å². The number of hydrogen-bond acceptors (Lipinski definition) is 9. The van der Waals surface area contributed by atoms with Crippen LogP contribution in [-0.2, 0) is 20.7 Å². The van der Waals surface area contributed by atoms with Crippen molar-refractivity contribution in [1.82, 2.24) is 15.0 Å². The fourth-order valence-corrected chi connectivity index (χ4v) is 4.34. The first-order valence-electron chi connectivity index (χ1n) is 12.3. The lowest BCUT2D eigenvalue weighted by Crippen LogP contribution is -2.40. The van der Waals surface area contributed by atoms with Crippen LogP contribution in [0.4, 0.5) is 22.2 Å². The molecule has 2 aromatic heterocycles. The summed E-state index contributed by atoms with van der Waals surface area (Å²) < 4.78 is 11.1. The number of fused-ring (bicyclic) bond motifs is 1. The predicted octanol–water partition coefficient (Wildman–Crippen LogP) is 4.27. The van der Waals surface area contributed by atoms with Gasteiger partial charge in [-0.2, -0.15) is 4.98 Å². The van der Waals surface area contributed by atoms with Gasteiger partial charge in [-0.1, -0.05) is 13.8 Å². The van der Waals surface area contributed by atoms with E-state index in [1.165, 1.54) is 0 Å². The van der Waals surface area contributed by atoms with Crippen molar-refractivity contribution in [2.45, 2.75) is 72.1 Å². The van der Waals surface area contributed by atoms with E-state index in [-0.39, 0.29) is 30.0 Å². The van der Waals surface area contributed by atoms with E-state index in [4.69, 9.17) is 14.5 Å². The molecule has 1 N–H and O–H groups in total. The summed E-state index contributed by atoms with van der Waals surface area (Å²) >= 11 is 0. The lowest BCUT2D eigenvalue weighted by Gasteiger charge is -2.31. The van der Waals surface area contributed by atoms with Gasteiger partial charge < -0.3 is 14.8 Å². The number of nitrogens with one attached hydrogen (secondary N) is 1. The Balaban J connectivity index is 1.52. The molecule has 4 rings (SSSR count).